The third kappa shape index (κ3) is 4.75. The number of allylic oxidation sites excluding steroid dienone is 3. The number of likely N-dealkylation sites (tertiary alicyclic amines) is 1. The molecule has 2 aromatic rings. The first-order valence-electron chi connectivity index (χ1n) is 10.7. The quantitative estimate of drug-likeness (QED) is 0.682. The second kappa shape index (κ2) is 9.00. The zero-order valence-corrected chi connectivity index (χ0v) is 18.5. The largest absolute Gasteiger partial charge is 0.397 e. The molecule has 0 bridgehead atoms. The molecule has 8 heteroatoms. The second-order valence-corrected chi connectivity index (χ2v) is 8.63. The van der Waals surface area contributed by atoms with Gasteiger partial charge in [0.25, 0.3) is 0 Å². The minimum Gasteiger partial charge on any atom is -0.397 e. The summed E-state index contributed by atoms with van der Waals surface area (Å²) in [6.45, 7) is 9.89. The first-order valence-corrected chi connectivity index (χ1v) is 10.7. The summed E-state index contributed by atoms with van der Waals surface area (Å²) in [4.78, 5) is 16.8. The van der Waals surface area contributed by atoms with E-state index >= 15 is 0 Å². The molecule has 32 heavy (non-hydrogen) atoms. The van der Waals surface area contributed by atoms with E-state index in [0.717, 1.165) is 42.0 Å². The highest BCUT2D eigenvalue weighted by Crippen LogP contribution is 2.25. The van der Waals surface area contributed by atoms with E-state index in [1.165, 1.54) is 12.1 Å². The van der Waals surface area contributed by atoms with Crippen LogP contribution in [0.25, 0.3) is 5.57 Å². The molecule has 0 spiro atoms. The van der Waals surface area contributed by atoms with E-state index in [1.54, 1.807) is 23.1 Å². The Balaban J connectivity index is 1.32. The van der Waals surface area contributed by atoms with Crippen LogP contribution in [0.4, 0.5) is 9.18 Å². The summed E-state index contributed by atoms with van der Waals surface area (Å²) in [6.07, 6.45) is 5.36. The van der Waals surface area contributed by atoms with Gasteiger partial charge in [0.2, 0.25) is 0 Å². The normalized spacial score (nSPS) is 17.3. The Morgan fingerprint density at radius 2 is 2.00 bits per heavy atom. The number of halogens is 1. The van der Waals surface area contributed by atoms with Crippen molar-refractivity contribution in [3.63, 3.8) is 0 Å². The number of hydrogen-bond donors (Lipinski definition) is 2. The predicted molar refractivity (Wildman–Crippen MR) is 122 cm³/mol. The van der Waals surface area contributed by atoms with E-state index in [0.29, 0.717) is 30.4 Å². The van der Waals surface area contributed by atoms with Crippen molar-refractivity contribution < 1.29 is 9.18 Å². The molecule has 1 saturated heterocycles. The van der Waals surface area contributed by atoms with Crippen molar-refractivity contribution in [1.29, 1.82) is 0 Å². The van der Waals surface area contributed by atoms with Crippen molar-refractivity contribution in [2.75, 3.05) is 20.1 Å². The van der Waals surface area contributed by atoms with Gasteiger partial charge in [-0.15, -0.1) is 0 Å². The Labute approximate surface area is 187 Å². The Kier molecular flexibility index (Phi) is 6.14. The van der Waals surface area contributed by atoms with Gasteiger partial charge >= 0.3 is 6.03 Å². The SMILES string of the molecule is C=C(NC(=O)N1Cc2cnn(CC3CN(C)C3)c2C1)/C(N)=C\C=C(/C)c1ccc(F)cc1. The predicted octanol–water partition coefficient (Wildman–Crippen LogP) is 3.07. The monoisotopic (exact) mass is 436 g/mol. The number of rotatable bonds is 6. The molecule has 4 rings (SSSR count). The number of urea groups is 1. The molecular formula is C24H29FN6O. The fraction of sp³-hybridized carbons (Fsp3) is 0.333. The van der Waals surface area contributed by atoms with Crippen molar-refractivity contribution in [2.24, 2.45) is 11.7 Å². The van der Waals surface area contributed by atoms with Crippen LogP contribution in [0.3, 0.4) is 0 Å². The van der Waals surface area contributed by atoms with Crippen LogP contribution in [0.1, 0.15) is 23.7 Å². The van der Waals surface area contributed by atoms with Crippen molar-refractivity contribution in [3.05, 3.63) is 83.2 Å². The number of amides is 2. The third-order valence-corrected chi connectivity index (χ3v) is 6.01. The van der Waals surface area contributed by atoms with Crippen molar-refractivity contribution in [2.45, 2.75) is 26.6 Å². The van der Waals surface area contributed by atoms with E-state index in [9.17, 15) is 9.18 Å². The highest BCUT2D eigenvalue weighted by Gasteiger charge is 2.30. The average molecular weight is 437 g/mol. The first-order chi connectivity index (χ1) is 15.3. The van der Waals surface area contributed by atoms with E-state index in [1.807, 2.05) is 23.9 Å². The van der Waals surface area contributed by atoms with Gasteiger partial charge in [-0.25, -0.2) is 9.18 Å². The van der Waals surface area contributed by atoms with Gasteiger partial charge in [0.05, 0.1) is 36.4 Å². The lowest BCUT2D eigenvalue weighted by Gasteiger charge is -2.36. The summed E-state index contributed by atoms with van der Waals surface area (Å²) < 4.78 is 15.1. The number of nitrogens with two attached hydrogens (primary N) is 1. The van der Waals surface area contributed by atoms with Gasteiger partial charge in [0.15, 0.2) is 0 Å². The summed E-state index contributed by atoms with van der Waals surface area (Å²) in [5.74, 6) is 0.336. The van der Waals surface area contributed by atoms with Crippen LogP contribution in [-0.4, -0.2) is 45.7 Å². The molecule has 3 N–H and O–H groups in total. The maximum absolute atomic E-state index is 13.1. The fourth-order valence-electron chi connectivity index (χ4n) is 4.10. The minimum atomic E-state index is -0.278. The lowest BCUT2D eigenvalue weighted by atomic mass is 10.0. The molecule has 1 aromatic carbocycles. The van der Waals surface area contributed by atoms with Crippen molar-refractivity contribution in [3.8, 4) is 0 Å². The summed E-state index contributed by atoms with van der Waals surface area (Å²) in [5.41, 5.74) is 10.8. The number of fused-ring (bicyclic) bond motifs is 1. The van der Waals surface area contributed by atoms with E-state index in [2.05, 4.69) is 28.9 Å². The van der Waals surface area contributed by atoms with E-state index < -0.39 is 0 Å². The molecule has 0 unspecified atom stereocenters. The molecule has 0 radical (unpaired) electrons. The van der Waals surface area contributed by atoms with E-state index in [4.69, 9.17) is 5.73 Å². The number of nitrogens with one attached hydrogen (secondary N) is 1. The average Bonchev–Trinajstić information content (AvgIpc) is 3.33. The third-order valence-electron chi connectivity index (χ3n) is 6.01. The molecule has 0 saturated carbocycles. The maximum Gasteiger partial charge on any atom is 0.322 e. The smallest absolute Gasteiger partial charge is 0.322 e. The Bertz CT molecular complexity index is 1080. The fourth-order valence-corrected chi connectivity index (χ4v) is 4.10. The van der Waals surface area contributed by atoms with Crippen LogP contribution >= 0.6 is 0 Å². The number of nitrogens with zero attached hydrogens (tertiary/aromatic N) is 4. The van der Waals surface area contributed by atoms with Crippen LogP contribution in [0, 0.1) is 11.7 Å². The van der Waals surface area contributed by atoms with Crippen LogP contribution < -0.4 is 11.1 Å². The highest BCUT2D eigenvalue weighted by molar-refractivity contribution is 5.77. The molecule has 168 valence electrons. The zero-order valence-electron chi connectivity index (χ0n) is 18.5. The summed E-state index contributed by atoms with van der Waals surface area (Å²) in [5, 5.41) is 7.29. The second-order valence-electron chi connectivity index (χ2n) is 8.63. The molecule has 1 fully saturated rings. The van der Waals surface area contributed by atoms with Gasteiger partial charge in [-0.3, -0.25) is 4.68 Å². The molecule has 2 aliphatic rings. The highest BCUT2D eigenvalue weighted by atomic mass is 19.1. The van der Waals surface area contributed by atoms with Crippen molar-refractivity contribution >= 4 is 11.6 Å². The molecule has 3 heterocycles. The maximum atomic E-state index is 13.1. The zero-order chi connectivity index (χ0) is 22.8. The molecule has 2 amide bonds. The first kappa shape index (κ1) is 21.8. The number of benzene rings is 1. The van der Waals surface area contributed by atoms with Gasteiger partial charge in [-0.2, -0.15) is 5.10 Å². The molecule has 0 aliphatic carbocycles. The number of hydrogen-bond acceptors (Lipinski definition) is 4. The van der Waals surface area contributed by atoms with Crippen molar-refractivity contribution in [1.82, 2.24) is 24.9 Å². The van der Waals surface area contributed by atoms with Gasteiger partial charge in [0, 0.05) is 31.1 Å². The van der Waals surface area contributed by atoms with Crippen LogP contribution in [0.15, 0.2) is 60.6 Å². The van der Waals surface area contributed by atoms with Gasteiger partial charge in [-0.1, -0.05) is 24.8 Å². The molecule has 2 aliphatic heterocycles. The van der Waals surface area contributed by atoms with Gasteiger partial charge in [-0.05, 0) is 43.3 Å². The summed E-state index contributed by atoms with van der Waals surface area (Å²) >= 11 is 0. The van der Waals surface area contributed by atoms with Crippen LogP contribution in [0.5, 0.6) is 0 Å². The summed E-state index contributed by atoms with van der Waals surface area (Å²) in [6, 6.07) is 6.00. The number of carbonyl (C=O) groups is 1. The topological polar surface area (TPSA) is 79.4 Å². The standard InChI is InChI=1S/C24H29FN6O/c1-16(19-5-7-21(25)8-6-19)4-9-22(26)17(2)28-24(32)30-14-20-10-27-31(23(20)15-30)13-18-11-29(3)12-18/h4-10,18H,2,11-15,26H2,1,3H3,(H,28,32)/b16-4+,22-9+. The van der Waals surface area contributed by atoms with E-state index in [-0.39, 0.29) is 11.8 Å². The Morgan fingerprint density at radius 1 is 1.28 bits per heavy atom. The summed E-state index contributed by atoms with van der Waals surface area (Å²) in [7, 11) is 2.11. The van der Waals surface area contributed by atoms with Gasteiger partial charge < -0.3 is 20.9 Å². The minimum absolute atomic E-state index is 0.239. The van der Waals surface area contributed by atoms with Gasteiger partial charge in [0.1, 0.15) is 5.82 Å². The molecule has 7 nitrogen and oxygen atoms in total. The Morgan fingerprint density at radius 3 is 2.69 bits per heavy atom. The number of aromatic nitrogens is 2. The molecule has 1 aromatic heterocycles. The molecular weight excluding hydrogens is 407 g/mol. The number of carbonyl (C=O) groups excluding carboxylic acids is 1. The Hall–Kier alpha value is -3.39. The van der Waals surface area contributed by atoms with Crippen LogP contribution in [0.2, 0.25) is 0 Å². The molecule has 0 atom stereocenters. The lowest BCUT2D eigenvalue weighted by Crippen LogP contribution is -2.46. The lowest BCUT2D eigenvalue weighted by molar-refractivity contribution is 0.114. The van der Waals surface area contributed by atoms with Crippen LogP contribution in [-0.2, 0) is 19.6 Å².